The number of benzene rings is 1. The van der Waals surface area contributed by atoms with Gasteiger partial charge in [-0.15, -0.1) is 0 Å². The van der Waals surface area contributed by atoms with Crippen LogP contribution >= 0.6 is 11.6 Å². The van der Waals surface area contributed by atoms with E-state index in [4.69, 9.17) is 11.6 Å². The highest BCUT2D eigenvalue weighted by Gasteiger charge is 2.09. The zero-order chi connectivity index (χ0) is 13.1. The Bertz CT molecular complexity index is 534. The molecule has 4 heteroatoms. The molecule has 0 spiro atoms. The molecule has 3 nitrogen and oxygen atoms in total. The topological polar surface area (TPSA) is 29.9 Å². The Morgan fingerprint density at radius 1 is 1.39 bits per heavy atom. The molecule has 18 heavy (non-hydrogen) atoms. The van der Waals surface area contributed by atoms with Crippen molar-refractivity contribution in [3.05, 3.63) is 46.7 Å². The predicted molar refractivity (Wildman–Crippen MR) is 75.4 cm³/mol. The van der Waals surface area contributed by atoms with E-state index >= 15 is 0 Å². The fourth-order valence-electron chi connectivity index (χ4n) is 1.95. The quantitative estimate of drug-likeness (QED) is 0.915. The Morgan fingerprint density at radius 3 is 2.72 bits per heavy atom. The van der Waals surface area contributed by atoms with Gasteiger partial charge in [-0.1, -0.05) is 24.6 Å². The Morgan fingerprint density at radius 2 is 2.17 bits per heavy atom. The smallest absolute Gasteiger partial charge is 0.0832 e. The number of halogens is 1. The molecule has 1 aromatic heterocycles. The van der Waals surface area contributed by atoms with Crippen molar-refractivity contribution in [3.8, 4) is 5.69 Å². The van der Waals surface area contributed by atoms with E-state index in [0.29, 0.717) is 6.04 Å². The van der Waals surface area contributed by atoms with E-state index in [9.17, 15) is 0 Å². The van der Waals surface area contributed by atoms with Crippen molar-refractivity contribution in [2.45, 2.75) is 26.8 Å². The maximum Gasteiger partial charge on any atom is 0.0832 e. The average molecular weight is 264 g/mol. The lowest BCUT2D eigenvalue weighted by molar-refractivity contribution is 0.598. The summed E-state index contributed by atoms with van der Waals surface area (Å²) in [5.41, 5.74) is 3.09. The predicted octanol–water partition coefficient (Wildman–Crippen LogP) is 3.50. The van der Waals surface area contributed by atoms with Crippen LogP contribution in [0.1, 0.15) is 31.1 Å². The summed E-state index contributed by atoms with van der Waals surface area (Å²) in [6.45, 7) is 7.14. The Labute approximate surface area is 113 Å². The number of hydrogen-bond acceptors (Lipinski definition) is 2. The lowest BCUT2D eigenvalue weighted by atomic mass is 10.1. The van der Waals surface area contributed by atoms with Crippen molar-refractivity contribution in [1.82, 2.24) is 15.1 Å². The van der Waals surface area contributed by atoms with Gasteiger partial charge in [0, 0.05) is 12.2 Å². The van der Waals surface area contributed by atoms with E-state index in [1.807, 2.05) is 31.3 Å². The van der Waals surface area contributed by atoms with Gasteiger partial charge in [0.05, 0.1) is 16.4 Å². The lowest BCUT2D eigenvalue weighted by Gasteiger charge is -2.14. The summed E-state index contributed by atoms with van der Waals surface area (Å²) in [5.74, 6) is 0. The molecule has 0 aliphatic carbocycles. The number of nitrogens with one attached hydrogen (secondary N) is 1. The van der Waals surface area contributed by atoms with E-state index < -0.39 is 0 Å². The third kappa shape index (κ3) is 2.74. The average Bonchev–Trinajstić information content (AvgIpc) is 2.76. The molecule has 1 aromatic carbocycles. The molecule has 1 heterocycles. The molecule has 0 aliphatic heterocycles. The van der Waals surface area contributed by atoms with Gasteiger partial charge in [0.2, 0.25) is 0 Å². The highest BCUT2D eigenvalue weighted by atomic mass is 35.5. The van der Waals surface area contributed by atoms with Gasteiger partial charge in [0.1, 0.15) is 0 Å². The highest BCUT2D eigenvalue weighted by molar-refractivity contribution is 6.32. The second kappa shape index (κ2) is 5.55. The van der Waals surface area contributed by atoms with E-state index in [-0.39, 0.29) is 0 Å². The number of nitrogens with zero attached hydrogens (tertiary/aromatic N) is 2. The first-order valence-electron chi connectivity index (χ1n) is 6.17. The minimum absolute atomic E-state index is 0.306. The normalized spacial score (nSPS) is 12.7. The lowest BCUT2D eigenvalue weighted by Crippen LogP contribution is -2.17. The molecule has 2 aromatic rings. The summed E-state index contributed by atoms with van der Waals surface area (Å²) in [6.07, 6.45) is 1.92. The second-order valence-electron chi connectivity index (χ2n) is 4.39. The minimum atomic E-state index is 0.306. The van der Waals surface area contributed by atoms with Crippen LogP contribution in [0.5, 0.6) is 0 Å². The Balaban J connectivity index is 2.30. The van der Waals surface area contributed by atoms with E-state index in [2.05, 4.69) is 30.3 Å². The van der Waals surface area contributed by atoms with Crippen molar-refractivity contribution in [3.63, 3.8) is 0 Å². The maximum atomic E-state index is 6.33. The van der Waals surface area contributed by atoms with Crippen molar-refractivity contribution in [2.24, 2.45) is 0 Å². The number of rotatable bonds is 4. The molecule has 0 saturated heterocycles. The summed E-state index contributed by atoms with van der Waals surface area (Å²) >= 11 is 6.33. The molecule has 96 valence electrons. The van der Waals surface area contributed by atoms with Gasteiger partial charge in [-0.25, -0.2) is 4.68 Å². The van der Waals surface area contributed by atoms with Crippen molar-refractivity contribution >= 4 is 11.6 Å². The number of aromatic nitrogens is 2. The van der Waals surface area contributed by atoms with Crippen LogP contribution in [0.3, 0.4) is 0 Å². The molecule has 0 radical (unpaired) electrons. The fraction of sp³-hybridized carbons (Fsp3) is 0.357. The van der Waals surface area contributed by atoms with Crippen LogP contribution in [0.25, 0.3) is 5.69 Å². The van der Waals surface area contributed by atoms with Crippen LogP contribution in [-0.4, -0.2) is 16.3 Å². The Kier molecular flexibility index (Phi) is 4.04. The largest absolute Gasteiger partial charge is 0.310 e. The number of hydrogen-bond donors (Lipinski definition) is 1. The third-order valence-electron chi connectivity index (χ3n) is 2.95. The summed E-state index contributed by atoms with van der Waals surface area (Å²) < 4.78 is 1.80. The molecule has 0 bridgehead atoms. The van der Waals surface area contributed by atoms with Gasteiger partial charge in [0.25, 0.3) is 0 Å². The van der Waals surface area contributed by atoms with Crippen molar-refractivity contribution in [2.75, 3.05) is 6.54 Å². The SMILES string of the molecule is CCNC(C)c1ccc(-n2ccc(C)n2)c(Cl)c1. The molecule has 1 N–H and O–H groups in total. The van der Waals surface area contributed by atoms with Crippen molar-refractivity contribution in [1.29, 1.82) is 0 Å². The molecular weight excluding hydrogens is 246 g/mol. The van der Waals surface area contributed by atoms with Crippen LogP contribution in [0.2, 0.25) is 5.02 Å². The van der Waals surface area contributed by atoms with E-state index in [1.165, 1.54) is 5.56 Å². The molecule has 1 unspecified atom stereocenters. The zero-order valence-electron chi connectivity index (χ0n) is 10.9. The monoisotopic (exact) mass is 263 g/mol. The molecule has 0 amide bonds. The number of aryl methyl sites for hydroxylation is 1. The summed E-state index contributed by atoms with van der Waals surface area (Å²) in [4.78, 5) is 0. The van der Waals surface area contributed by atoms with Gasteiger partial charge >= 0.3 is 0 Å². The second-order valence-corrected chi connectivity index (χ2v) is 4.80. The van der Waals surface area contributed by atoms with Crippen LogP contribution in [0.4, 0.5) is 0 Å². The molecular formula is C14H18ClN3. The van der Waals surface area contributed by atoms with Crippen LogP contribution < -0.4 is 5.32 Å². The summed E-state index contributed by atoms with van der Waals surface area (Å²) in [7, 11) is 0. The first-order chi connectivity index (χ1) is 8.61. The first-order valence-corrected chi connectivity index (χ1v) is 6.55. The third-order valence-corrected chi connectivity index (χ3v) is 3.25. The van der Waals surface area contributed by atoms with Gasteiger partial charge in [-0.2, -0.15) is 5.10 Å². The van der Waals surface area contributed by atoms with Crippen LogP contribution in [-0.2, 0) is 0 Å². The van der Waals surface area contributed by atoms with Gasteiger partial charge in [0.15, 0.2) is 0 Å². The first kappa shape index (κ1) is 13.1. The standard InChI is InChI=1S/C14H18ClN3/c1-4-16-11(3)12-5-6-14(13(15)9-12)18-8-7-10(2)17-18/h5-9,11,16H,4H2,1-3H3. The molecule has 0 aliphatic rings. The Hall–Kier alpha value is -1.32. The summed E-state index contributed by atoms with van der Waals surface area (Å²) in [5, 5.41) is 8.46. The summed E-state index contributed by atoms with van der Waals surface area (Å²) in [6, 6.07) is 8.37. The van der Waals surface area contributed by atoms with Gasteiger partial charge in [-0.3, -0.25) is 0 Å². The molecule has 2 rings (SSSR count). The minimum Gasteiger partial charge on any atom is -0.310 e. The van der Waals surface area contributed by atoms with E-state index in [1.54, 1.807) is 4.68 Å². The fourth-order valence-corrected chi connectivity index (χ4v) is 2.23. The van der Waals surface area contributed by atoms with Crippen LogP contribution in [0, 0.1) is 6.92 Å². The van der Waals surface area contributed by atoms with Crippen LogP contribution in [0.15, 0.2) is 30.5 Å². The molecule has 0 saturated carbocycles. The van der Waals surface area contributed by atoms with Crippen molar-refractivity contribution < 1.29 is 0 Å². The zero-order valence-corrected chi connectivity index (χ0v) is 11.7. The van der Waals surface area contributed by atoms with Gasteiger partial charge in [-0.05, 0) is 44.2 Å². The van der Waals surface area contributed by atoms with E-state index in [0.717, 1.165) is 22.9 Å². The maximum absolute atomic E-state index is 6.33. The highest BCUT2D eigenvalue weighted by Crippen LogP contribution is 2.24. The van der Waals surface area contributed by atoms with Gasteiger partial charge < -0.3 is 5.32 Å². The molecule has 1 atom stereocenters. The molecule has 0 fully saturated rings.